The van der Waals surface area contributed by atoms with Crippen molar-refractivity contribution in [1.29, 1.82) is 0 Å². The number of benzene rings is 2. The monoisotopic (exact) mass is 368 g/mol. The lowest BCUT2D eigenvalue weighted by Gasteiger charge is -2.20. The normalized spacial score (nSPS) is 10.3. The van der Waals surface area contributed by atoms with E-state index in [1.165, 1.54) is 5.56 Å². The number of rotatable bonds is 9. The molecule has 0 unspecified atom stereocenters. The maximum absolute atomic E-state index is 12.5. The van der Waals surface area contributed by atoms with Gasteiger partial charge in [0.15, 0.2) is 0 Å². The van der Waals surface area contributed by atoms with Crippen molar-refractivity contribution in [2.75, 3.05) is 25.5 Å². The lowest BCUT2D eigenvalue weighted by Crippen LogP contribution is -2.38. The first kappa shape index (κ1) is 20.5. The van der Waals surface area contributed by atoms with Crippen molar-refractivity contribution in [1.82, 2.24) is 4.90 Å². The van der Waals surface area contributed by atoms with Crippen molar-refractivity contribution in [2.45, 2.75) is 33.1 Å². The summed E-state index contributed by atoms with van der Waals surface area (Å²) in [5.41, 5.74) is 3.07. The van der Waals surface area contributed by atoms with E-state index in [2.05, 4.69) is 36.5 Å². The van der Waals surface area contributed by atoms with E-state index in [0.29, 0.717) is 30.8 Å². The van der Waals surface area contributed by atoms with E-state index in [1.807, 2.05) is 13.0 Å². The molecule has 5 nitrogen and oxygen atoms in total. The zero-order valence-corrected chi connectivity index (χ0v) is 16.3. The average Bonchev–Trinajstić information content (AvgIpc) is 2.70. The Morgan fingerprint density at radius 2 is 1.74 bits per heavy atom. The quantitative estimate of drug-likeness (QED) is 0.735. The van der Waals surface area contributed by atoms with Crippen LogP contribution in [0.4, 0.5) is 5.69 Å². The number of hydrogen-bond donors (Lipinski definition) is 1. The highest BCUT2D eigenvalue weighted by atomic mass is 16.5. The number of hydrogen-bond acceptors (Lipinski definition) is 3. The van der Waals surface area contributed by atoms with Gasteiger partial charge >= 0.3 is 0 Å². The molecule has 0 saturated carbocycles. The standard InChI is InChI=1S/C22H28N2O3/c1-4-17-9-11-18(12-10-17)13-14-22(26)24(5-2)16-21(25)23-19-7-6-8-20(15-19)27-3/h6-12,15H,4-5,13-14,16H2,1-3H3,(H,23,25). The van der Waals surface area contributed by atoms with Crippen LogP contribution in [-0.2, 0) is 22.4 Å². The zero-order chi connectivity index (χ0) is 19.6. The van der Waals surface area contributed by atoms with Gasteiger partial charge in [-0.2, -0.15) is 0 Å². The fourth-order valence-corrected chi connectivity index (χ4v) is 2.80. The van der Waals surface area contributed by atoms with Crippen molar-refractivity contribution >= 4 is 17.5 Å². The molecule has 0 heterocycles. The highest BCUT2D eigenvalue weighted by molar-refractivity contribution is 5.94. The summed E-state index contributed by atoms with van der Waals surface area (Å²) in [5, 5.41) is 2.81. The van der Waals surface area contributed by atoms with Crippen LogP contribution in [0.1, 0.15) is 31.4 Å². The molecule has 0 fully saturated rings. The number of amides is 2. The van der Waals surface area contributed by atoms with E-state index in [1.54, 1.807) is 30.2 Å². The Morgan fingerprint density at radius 1 is 1.04 bits per heavy atom. The van der Waals surface area contributed by atoms with Crippen LogP contribution >= 0.6 is 0 Å². The fourth-order valence-electron chi connectivity index (χ4n) is 2.80. The van der Waals surface area contributed by atoms with Gasteiger partial charge in [-0.1, -0.05) is 37.3 Å². The van der Waals surface area contributed by atoms with E-state index in [4.69, 9.17) is 4.74 Å². The van der Waals surface area contributed by atoms with E-state index >= 15 is 0 Å². The smallest absolute Gasteiger partial charge is 0.243 e. The van der Waals surface area contributed by atoms with E-state index in [0.717, 1.165) is 12.0 Å². The molecular weight excluding hydrogens is 340 g/mol. The Balaban J connectivity index is 1.86. The average molecular weight is 368 g/mol. The van der Waals surface area contributed by atoms with Gasteiger partial charge in [-0.25, -0.2) is 0 Å². The lowest BCUT2D eigenvalue weighted by molar-refractivity contribution is -0.134. The van der Waals surface area contributed by atoms with Crippen LogP contribution in [0.25, 0.3) is 0 Å². The summed E-state index contributed by atoms with van der Waals surface area (Å²) < 4.78 is 5.15. The molecule has 0 aliphatic heterocycles. The predicted octanol–water partition coefficient (Wildman–Crippen LogP) is 3.68. The second-order valence-corrected chi connectivity index (χ2v) is 6.36. The van der Waals surface area contributed by atoms with Gasteiger partial charge in [-0.3, -0.25) is 9.59 Å². The summed E-state index contributed by atoms with van der Waals surface area (Å²) in [6.45, 7) is 4.54. The molecule has 1 N–H and O–H groups in total. The van der Waals surface area contributed by atoms with Crippen LogP contribution in [0.3, 0.4) is 0 Å². The third-order valence-electron chi connectivity index (χ3n) is 4.48. The van der Waals surface area contributed by atoms with Gasteiger partial charge in [0.25, 0.3) is 0 Å². The van der Waals surface area contributed by atoms with Gasteiger partial charge in [0.05, 0.1) is 13.7 Å². The minimum absolute atomic E-state index is 0.0159. The van der Waals surface area contributed by atoms with Crippen LogP contribution < -0.4 is 10.1 Å². The minimum Gasteiger partial charge on any atom is -0.497 e. The molecular formula is C22H28N2O3. The fraction of sp³-hybridized carbons (Fsp3) is 0.364. The molecule has 0 atom stereocenters. The van der Waals surface area contributed by atoms with Gasteiger partial charge < -0.3 is 15.0 Å². The number of methoxy groups -OCH3 is 1. The highest BCUT2D eigenvalue weighted by Gasteiger charge is 2.15. The molecule has 0 spiro atoms. The molecule has 0 saturated heterocycles. The molecule has 2 rings (SSSR count). The first-order valence-electron chi connectivity index (χ1n) is 9.35. The first-order valence-corrected chi connectivity index (χ1v) is 9.35. The molecule has 144 valence electrons. The zero-order valence-electron chi connectivity index (χ0n) is 16.3. The second kappa shape index (κ2) is 10.4. The van der Waals surface area contributed by atoms with Crippen LogP contribution in [0, 0.1) is 0 Å². The SMILES string of the molecule is CCc1ccc(CCC(=O)N(CC)CC(=O)Nc2cccc(OC)c2)cc1. The summed E-state index contributed by atoms with van der Waals surface area (Å²) in [5.74, 6) is 0.439. The number of ether oxygens (including phenoxy) is 1. The predicted molar refractivity (Wildman–Crippen MR) is 108 cm³/mol. The molecule has 0 aromatic heterocycles. The summed E-state index contributed by atoms with van der Waals surface area (Å²) >= 11 is 0. The molecule has 0 aliphatic rings. The van der Waals surface area contributed by atoms with Crippen LogP contribution in [-0.4, -0.2) is 36.9 Å². The summed E-state index contributed by atoms with van der Waals surface area (Å²) in [4.78, 5) is 26.3. The molecule has 2 aromatic carbocycles. The number of likely N-dealkylation sites (N-methyl/N-ethyl adjacent to an activating group) is 1. The number of carbonyl (C=O) groups excluding carboxylic acids is 2. The Bertz CT molecular complexity index is 756. The van der Waals surface area contributed by atoms with Crippen molar-refractivity contribution < 1.29 is 14.3 Å². The Morgan fingerprint density at radius 3 is 2.37 bits per heavy atom. The Kier molecular flexibility index (Phi) is 7.86. The van der Waals surface area contributed by atoms with Crippen molar-refractivity contribution in [3.63, 3.8) is 0 Å². The lowest BCUT2D eigenvalue weighted by atomic mass is 10.1. The summed E-state index contributed by atoms with van der Waals surface area (Å²) in [6.07, 6.45) is 2.08. The van der Waals surface area contributed by atoms with Gasteiger partial charge in [-0.15, -0.1) is 0 Å². The summed E-state index contributed by atoms with van der Waals surface area (Å²) in [7, 11) is 1.58. The third-order valence-corrected chi connectivity index (χ3v) is 4.48. The number of aryl methyl sites for hydroxylation is 2. The minimum atomic E-state index is -0.217. The van der Waals surface area contributed by atoms with E-state index in [-0.39, 0.29) is 18.4 Å². The molecule has 0 radical (unpaired) electrons. The Hall–Kier alpha value is -2.82. The van der Waals surface area contributed by atoms with Crippen LogP contribution in [0.2, 0.25) is 0 Å². The number of nitrogens with one attached hydrogen (secondary N) is 1. The summed E-state index contributed by atoms with van der Waals surface area (Å²) in [6, 6.07) is 15.5. The largest absolute Gasteiger partial charge is 0.497 e. The van der Waals surface area contributed by atoms with Gasteiger partial charge in [0, 0.05) is 24.7 Å². The van der Waals surface area contributed by atoms with Crippen molar-refractivity contribution in [3.05, 3.63) is 59.7 Å². The molecule has 0 aliphatic carbocycles. The highest BCUT2D eigenvalue weighted by Crippen LogP contribution is 2.16. The van der Waals surface area contributed by atoms with Crippen molar-refractivity contribution in [3.8, 4) is 5.75 Å². The van der Waals surface area contributed by atoms with Gasteiger partial charge in [0.1, 0.15) is 5.75 Å². The first-order chi connectivity index (χ1) is 13.0. The molecule has 2 aromatic rings. The van der Waals surface area contributed by atoms with E-state index in [9.17, 15) is 9.59 Å². The second-order valence-electron chi connectivity index (χ2n) is 6.36. The molecule has 0 bridgehead atoms. The maximum atomic E-state index is 12.5. The maximum Gasteiger partial charge on any atom is 0.243 e. The van der Waals surface area contributed by atoms with E-state index < -0.39 is 0 Å². The van der Waals surface area contributed by atoms with Gasteiger partial charge in [0.2, 0.25) is 11.8 Å². The number of anilines is 1. The molecule has 5 heteroatoms. The van der Waals surface area contributed by atoms with Crippen molar-refractivity contribution in [2.24, 2.45) is 0 Å². The number of carbonyl (C=O) groups is 2. The molecule has 2 amide bonds. The topological polar surface area (TPSA) is 58.6 Å². The van der Waals surface area contributed by atoms with Gasteiger partial charge in [-0.05, 0) is 43.0 Å². The molecule has 27 heavy (non-hydrogen) atoms. The third kappa shape index (κ3) is 6.44. The van der Waals surface area contributed by atoms with Crippen LogP contribution in [0.5, 0.6) is 5.75 Å². The Labute approximate surface area is 161 Å². The van der Waals surface area contributed by atoms with Crippen LogP contribution in [0.15, 0.2) is 48.5 Å². The number of nitrogens with zero attached hydrogens (tertiary/aromatic N) is 1.